The number of thiophene rings is 1. The van der Waals surface area contributed by atoms with Crippen LogP contribution in [-0.4, -0.2) is 43.1 Å². The molecule has 0 atom stereocenters. The Morgan fingerprint density at radius 1 is 1.13 bits per heavy atom. The minimum Gasteiger partial charge on any atom is -0.465 e. The highest BCUT2D eigenvalue weighted by molar-refractivity contribution is 7.17. The summed E-state index contributed by atoms with van der Waals surface area (Å²) in [7, 11) is 1.31. The van der Waals surface area contributed by atoms with Crippen LogP contribution >= 0.6 is 11.3 Å². The van der Waals surface area contributed by atoms with E-state index >= 15 is 0 Å². The highest BCUT2D eigenvalue weighted by Gasteiger charge is 2.31. The zero-order valence-electron chi connectivity index (χ0n) is 17.3. The molecule has 0 bridgehead atoms. The van der Waals surface area contributed by atoms with E-state index in [1.807, 2.05) is 36.4 Å². The number of anilines is 1. The number of ether oxygens (including phenoxy) is 2. The third-order valence-corrected chi connectivity index (χ3v) is 6.34. The van der Waals surface area contributed by atoms with E-state index < -0.39 is 5.97 Å². The van der Waals surface area contributed by atoms with Crippen LogP contribution in [0, 0.1) is 0 Å². The number of rotatable bonds is 4. The van der Waals surface area contributed by atoms with Gasteiger partial charge in [-0.2, -0.15) is 0 Å². The summed E-state index contributed by atoms with van der Waals surface area (Å²) in [5.74, 6) is -0.812. The lowest BCUT2D eigenvalue weighted by Gasteiger charge is -2.26. The number of carbonyl (C=O) groups excluding carboxylic acids is 3. The van der Waals surface area contributed by atoms with E-state index in [0.29, 0.717) is 42.2 Å². The van der Waals surface area contributed by atoms with Gasteiger partial charge in [0.05, 0.1) is 25.8 Å². The number of benzene rings is 2. The lowest BCUT2D eigenvalue weighted by atomic mass is 10.0. The SMILES string of the molecule is CCOC(=O)N1CCc2c(sc(NC(=O)c3ccc4ccccc4c3)c2C(=O)OC)C1. The number of carbonyl (C=O) groups is 3. The molecule has 0 unspecified atom stereocenters. The second kappa shape index (κ2) is 8.77. The number of nitrogens with zero attached hydrogens (tertiary/aromatic N) is 1. The lowest BCUT2D eigenvalue weighted by Crippen LogP contribution is -2.36. The summed E-state index contributed by atoms with van der Waals surface area (Å²) < 4.78 is 10.1. The Kier molecular flexibility index (Phi) is 5.90. The molecule has 8 heteroatoms. The minimum atomic E-state index is -0.504. The first kappa shape index (κ1) is 20.9. The van der Waals surface area contributed by atoms with Gasteiger partial charge in [0.2, 0.25) is 0 Å². The summed E-state index contributed by atoms with van der Waals surface area (Å²) in [5.41, 5.74) is 1.67. The number of esters is 1. The summed E-state index contributed by atoms with van der Waals surface area (Å²) in [4.78, 5) is 40.0. The quantitative estimate of drug-likeness (QED) is 0.608. The van der Waals surface area contributed by atoms with Crippen LogP contribution in [0.4, 0.5) is 9.80 Å². The molecule has 0 spiro atoms. The molecule has 160 valence electrons. The molecule has 1 aliphatic heterocycles. The molecular weight excluding hydrogens is 416 g/mol. The second-order valence-corrected chi connectivity index (χ2v) is 8.19. The van der Waals surface area contributed by atoms with Gasteiger partial charge in [-0.1, -0.05) is 30.3 Å². The summed E-state index contributed by atoms with van der Waals surface area (Å²) >= 11 is 1.29. The Bertz CT molecular complexity index is 1170. The fourth-order valence-electron chi connectivity index (χ4n) is 3.69. The van der Waals surface area contributed by atoms with Gasteiger partial charge >= 0.3 is 12.1 Å². The van der Waals surface area contributed by atoms with Gasteiger partial charge in [-0.05, 0) is 41.8 Å². The molecule has 7 nitrogen and oxygen atoms in total. The fourth-order valence-corrected chi connectivity index (χ4v) is 4.93. The van der Waals surface area contributed by atoms with E-state index in [9.17, 15) is 14.4 Å². The van der Waals surface area contributed by atoms with Gasteiger partial charge in [0.25, 0.3) is 5.91 Å². The van der Waals surface area contributed by atoms with Gasteiger partial charge in [0.1, 0.15) is 5.00 Å². The van der Waals surface area contributed by atoms with E-state index in [-0.39, 0.29) is 12.0 Å². The van der Waals surface area contributed by atoms with E-state index in [0.717, 1.165) is 21.2 Å². The van der Waals surface area contributed by atoms with Gasteiger partial charge in [-0.3, -0.25) is 4.79 Å². The number of hydrogen-bond acceptors (Lipinski definition) is 6. The molecule has 0 saturated carbocycles. The monoisotopic (exact) mass is 438 g/mol. The Balaban J connectivity index is 1.63. The fraction of sp³-hybridized carbons (Fsp3) is 0.261. The van der Waals surface area contributed by atoms with Crippen LogP contribution in [0.1, 0.15) is 38.1 Å². The van der Waals surface area contributed by atoms with Crippen molar-refractivity contribution < 1.29 is 23.9 Å². The Labute approximate surface area is 183 Å². The largest absolute Gasteiger partial charge is 0.465 e. The highest BCUT2D eigenvalue weighted by atomic mass is 32.1. The van der Waals surface area contributed by atoms with Gasteiger partial charge in [0, 0.05) is 17.0 Å². The Morgan fingerprint density at radius 2 is 1.90 bits per heavy atom. The van der Waals surface area contributed by atoms with E-state index in [2.05, 4.69) is 5.32 Å². The topological polar surface area (TPSA) is 84.9 Å². The van der Waals surface area contributed by atoms with Gasteiger partial charge in [-0.25, -0.2) is 9.59 Å². The number of amides is 2. The van der Waals surface area contributed by atoms with Gasteiger partial charge in [0.15, 0.2) is 0 Å². The molecule has 4 rings (SSSR count). The smallest absolute Gasteiger partial charge is 0.410 e. The normalized spacial score (nSPS) is 12.9. The van der Waals surface area contributed by atoms with Crippen LogP contribution in [0.15, 0.2) is 42.5 Å². The molecule has 1 N–H and O–H groups in total. The highest BCUT2D eigenvalue weighted by Crippen LogP contribution is 2.38. The van der Waals surface area contributed by atoms with Crippen molar-refractivity contribution in [3.63, 3.8) is 0 Å². The maximum Gasteiger partial charge on any atom is 0.410 e. The first-order valence-corrected chi connectivity index (χ1v) is 10.8. The van der Waals surface area contributed by atoms with Crippen LogP contribution in [0.25, 0.3) is 10.8 Å². The summed E-state index contributed by atoms with van der Waals surface area (Å²) in [5, 5.41) is 5.31. The molecule has 2 heterocycles. The molecule has 2 amide bonds. The molecular formula is C23H22N2O5S. The molecule has 2 aromatic carbocycles. The second-order valence-electron chi connectivity index (χ2n) is 7.09. The number of nitrogens with one attached hydrogen (secondary N) is 1. The standard InChI is InChI=1S/C23H22N2O5S/c1-3-30-23(28)25-11-10-17-18(13-25)31-21(19(17)22(27)29-2)24-20(26)16-9-8-14-6-4-5-7-15(14)12-16/h4-9,12H,3,10-11,13H2,1-2H3,(H,24,26). The van der Waals surface area contributed by atoms with Crippen molar-refractivity contribution in [1.29, 1.82) is 0 Å². The van der Waals surface area contributed by atoms with Crippen molar-refractivity contribution in [1.82, 2.24) is 4.90 Å². The van der Waals surface area contributed by atoms with Crippen molar-refractivity contribution in [2.75, 3.05) is 25.6 Å². The molecule has 0 fully saturated rings. The third-order valence-electron chi connectivity index (χ3n) is 5.21. The average Bonchev–Trinajstić information content (AvgIpc) is 3.15. The number of methoxy groups -OCH3 is 1. The molecule has 31 heavy (non-hydrogen) atoms. The first-order valence-electron chi connectivity index (χ1n) is 9.96. The van der Waals surface area contributed by atoms with Crippen molar-refractivity contribution in [3.05, 3.63) is 64.0 Å². The molecule has 0 saturated heterocycles. The zero-order valence-corrected chi connectivity index (χ0v) is 18.1. The molecule has 0 aliphatic carbocycles. The van der Waals surface area contributed by atoms with Gasteiger partial charge in [-0.15, -0.1) is 11.3 Å². The lowest BCUT2D eigenvalue weighted by molar-refractivity contribution is 0.0600. The first-order chi connectivity index (χ1) is 15.0. The predicted octanol–water partition coefficient (Wildman–Crippen LogP) is 4.45. The predicted molar refractivity (Wildman–Crippen MR) is 119 cm³/mol. The summed E-state index contributed by atoms with van der Waals surface area (Å²) in [6.45, 7) is 2.82. The van der Waals surface area contributed by atoms with Crippen molar-refractivity contribution in [3.8, 4) is 0 Å². The van der Waals surface area contributed by atoms with Crippen molar-refractivity contribution in [2.45, 2.75) is 19.9 Å². The maximum absolute atomic E-state index is 13.0. The molecule has 0 radical (unpaired) electrons. The van der Waals surface area contributed by atoms with Crippen molar-refractivity contribution >= 4 is 45.1 Å². The van der Waals surface area contributed by atoms with Crippen LogP contribution in [0.5, 0.6) is 0 Å². The Hall–Kier alpha value is -3.39. The van der Waals surface area contributed by atoms with Crippen LogP contribution in [-0.2, 0) is 22.4 Å². The molecule has 1 aromatic heterocycles. The molecule has 1 aliphatic rings. The maximum atomic E-state index is 13.0. The third kappa shape index (κ3) is 4.11. The van der Waals surface area contributed by atoms with Gasteiger partial charge < -0.3 is 19.7 Å². The van der Waals surface area contributed by atoms with Crippen LogP contribution in [0.2, 0.25) is 0 Å². The van der Waals surface area contributed by atoms with Crippen LogP contribution < -0.4 is 5.32 Å². The molecule has 3 aromatic rings. The summed E-state index contributed by atoms with van der Waals surface area (Å²) in [6, 6.07) is 13.3. The van der Waals surface area contributed by atoms with Crippen LogP contribution in [0.3, 0.4) is 0 Å². The Morgan fingerprint density at radius 3 is 2.65 bits per heavy atom. The zero-order chi connectivity index (χ0) is 22.0. The number of hydrogen-bond donors (Lipinski definition) is 1. The van der Waals surface area contributed by atoms with Crippen molar-refractivity contribution in [2.24, 2.45) is 0 Å². The van der Waals surface area contributed by atoms with E-state index in [1.165, 1.54) is 18.4 Å². The van der Waals surface area contributed by atoms with E-state index in [1.54, 1.807) is 17.9 Å². The summed E-state index contributed by atoms with van der Waals surface area (Å²) in [6.07, 6.45) is 0.101. The van der Waals surface area contributed by atoms with E-state index in [4.69, 9.17) is 9.47 Å². The average molecular weight is 439 g/mol. The minimum absolute atomic E-state index is 0.299. The number of fused-ring (bicyclic) bond motifs is 2.